The Morgan fingerprint density at radius 3 is 2.80 bits per heavy atom. The number of carbonyl (C=O) groups excluding carboxylic acids is 3. The SMILES string of the molecule is Cc1nccc(-c2ccc3c(c2)CN(C2CCC(=O)NC2=O)C3=O)n1. The first-order chi connectivity index (χ1) is 12.0. The first-order valence-electron chi connectivity index (χ1n) is 8.10. The van der Waals surface area contributed by atoms with Gasteiger partial charge in [0, 0.05) is 30.3 Å². The lowest BCUT2D eigenvalue weighted by Crippen LogP contribution is -2.52. The number of rotatable bonds is 2. The minimum atomic E-state index is -0.595. The van der Waals surface area contributed by atoms with Gasteiger partial charge in [-0.25, -0.2) is 9.97 Å². The molecule has 0 aliphatic carbocycles. The molecule has 4 rings (SSSR count). The summed E-state index contributed by atoms with van der Waals surface area (Å²) in [7, 11) is 0. The molecule has 0 spiro atoms. The molecule has 0 saturated carbocycles. The van der Waals surface area contributed by atoms with Crippen LogP contribution in [0.2, 0.25) is 0 Å². The van der Waals surface area contributed by atoms with E-state index in [2.05, 4.69) is 15.3 Å². The number of benzene rings is 1. The van der Waals surface area contributed by atoms with Crippen LogP contribution >= 0.6 is 0 Å². The summed E-state index contributed by atoms with van der Waals surface area (Å²) in [6.07, 6.45) is 2.32. The highest BCUT2D eigenvalue weighted by molar-refractivity contribution is 6.05. The van der Waals surface area contributed by atoms with Crippen LogP contribution in [-0.4, -0.2) is 38.6 Å². The number of carbonyl (C=O) groups is 3. The van der Waals surface area contributed by atoms with Crippen LogP contribution in [0.5, 0.6) is 0 Å². The molecule has 3 amide bonds. The number of aryl methyl sites for hydroxylation is 1. The number of aromatic nitrogens is 2. The summed E-state index contributed by atoms with van der Waals surface area (Å²) in [5.41, 5.74) is 3.16. The van der Waals surface area contributed by atoms with Crippen LogP contribution in [0, 0.1) is 6.92 Å². The summed E-state index contributed by atoms with van der Waals surface area (Å²) in [5.74, 6) is -0.176. The highest BCUT2D eigenvalue weighted by atomic mass is 16.2. The summed E-state index contributed by atoms with van der Waals surface area (Å²) < 4.78 is 0. The van der Waals surface area contributed by atoms with E-state index in [0.29, 0.717) is 24.4 Å². The van der Waals surface area contributed by atoms with Gasteiger partial charge in [0.25, 0.3) is 5.91 Å². The lowest BCUT2D eigenvalue weighted by molar-refractivity contribution is -0.136. The van der Waals surface area contributed by atoms with E-state index in [9.17, 15) is 14.4 Å². The molecular weight excluding hydrogens is 320 g/mol. The zero-order valence-corrected chi connectivity index (χ0v) is 13.7. The van der Waals surface area contributed by atoms with Crippen LogP contribution in [0.4, 0.5) is 0 Å². The Hall–Kier alpha value is -3.09. The standard InChI is InChI=1S/C18H16N4O3/c1-10-19-7-6-14(20-10)11-2-3-13-12(8-11)9-22(18(13)25)15-4-5-16(23)21-17(15)24/h2-3,6-8,15H,4-5,9H2,1H3,(H,21,23,24). The molecule has 1 fully saturated rings. The molecule has 126 valence electrons. The van der Waals surface area contributed by atoms with E-state index in [1.54, 1.807) is 17.2 Å². The van der Waals surface area contributed by atoms with Crippen molar-refractivity contribution < 1.29 is 14.4 Å². The molecule has 1 N–H and O–H groups in total. The number of nitrogens with one attached hydrogen (secondary N) is 1. The van der Waals surface area contributed by atoms with Crippen molar-refractivity contribution in [3.05, 3.63) is 47.4 Å². The Bertz CT molecular complexity index is 909. The fourth-order valence-electron chi connectivity index (χ4n) is 3.35. The van der Waals surface area contributed by atoms with Crippen LogP contribution in [-0.2, 0) is 16.1 Å². The third-order valence-corrected chi connectivity index (χ3v) is 4.60. The van der Waals surface area contributed by atoms with Crippen molar-refractivity contribution in [2.45, 2.75) is 32.4 Å². The minimum absolute atomic E-state index is 0.171. The number of amides is 3. The van der Waals surface area contributed by atoms with Crippen LogP contribution in [0.3, 0.4) is 0 Å². The van der Waals surface area contributed by atoms with Crippen LogP contribution in [0.25, 0.3) is 11.3 Å². The highest BCUT2D eigenvalue weighted by Crippen LogP contribution is 2.30. The summed E-state index contributed by atoms with van der Waals surface area (Å²) in [6, 6.07) is 6.79. The second-order valence-electron chi connectivity index (χ2n) is 6.26. The second kappa shape index (κ2) is 5.77. The van der Waals surface area contributed by atoms with Gasteiger partial charge < -0.3 is 4.90 Å². The normalized spacial score (nSPS) is 19.8. The quantitative estimate of drug-likeness (QED) is 0.832. The van der Waals surface area contributed by atoms with Crippen LogP contribution < -0.4 is 5.32 Å². The Balaban J connectivity index is 1.63. The van der Waals surface area contributed by atoms with E-state index in [1.807, 2.05) is 25.1 Å². The Kier molecular flexibility index (Phi) is 3.56. The molecule has 2 aliphatic rings. The van der Waals surface area contributed by atoms with Crippen molar-refractivity contribution in [1.29, 1.82) is 0 Å². The number of imide groups is 1. The fourth-order valence-corrected chi connectivity index (χ4v) is 3.35. The average molecular weight is 336 g/mol. The van der Waals surface area contributed by atoms with E-state index in [1.165, 1.54) is 0 Å². The predicted molar refractivity (Wildman–Crippen MR) is 88.3 cm³/mol. The summed E-state index contributed by atoms with van der Waals surface area (Å²) in [5, 5.41) is 2.31. The lowest BCUT2D eigenvalue weighted by atomic mass is 10.0. The van der Waals surface area contributed by atoms with Gasteiger partial charge in [0.05, 0.1) is 5.69 Å². The molecule has 25 heavy (non-hydrogen) atoms. The van der Waals surface area contributed by atoms with Crippen molar-refractivity contribution in [3.8, 4) is 11.3 Å². The molecule has 1 aromatic heterocycles. The van der Waals surface area contributed by atoms with Crippen LogP contribution in [0.1, 0.15) is 34.6 Å². The Morgan fingerprint density at radius 1 is 1.20 bits per heavy atom. The monoisotopic (exact) mass is 336 g/mol. The average Bonchev–Trinajstić information content (AvgIpc) is 2.91. The van der Waals surface area contributed by atoms with Gasteiger partial charge in [0.1, 0.15) is 11.9 Å². The van der Waals surface area contributed by atoms with Gasteiger partial charge in [-0.3, -0.25) is 19.7 Å². The van der Waals surface area contributed by atoms with Crippen LogP contribution in [0.15, 0.2) is 30.5 Å². The zero-order valence-electron chi connectivity index (χ0n) is 13.7. The van der Waals surface area contributed by atoms with Crippen molar-refractivity contribution in [3.63, 3.8) is 0 Å². The van der Waals surface area contributed by atoms with Gasteiger partial charge in [-0.15, -0.1) is 0 Å². The van der Waals surface area contributed by atoms with Gasteiger partial charge in [0.15, 0.2) is 0 Å². The molecule has 7 nitrogen and oxygen atoms in total. The van der Waals surface area contributed by atoms with E-state index in [-0.39, 0.29) is 18.2 Å². The number of piperidine rings is 1. The first kappa shape index (κ1) is 15.4. The van der Waals surface area contributed by atoms with Gasteiger partial charge >= 0.3 is 0 Å². The van der Waals surface area contributed by atoms with Crippen molar-refractivity contribution >= 4 is 17.7 Å². The molecular formula is C18H16N4O3. The maximum absolute atomic E-state index is 12.7. The van der Waals surface area contributed by atoms with Crippen molar-refractivity contribution in [2.75, 3.05) is 0 Å². The lowest BCUT2D eigenvalue weighted by Gasteiger charge is -2.29. The fraction of sp³-hybridized carbons (Fsp3) is 0.278. The maximum Gasteiger partial charge on any atom is 0.255 e. The number of fused-ring (bicyclic) bond motifs is 1. The molecule has 0 radical (unpaired) electrons. The molecule has 2 aliphatic heterocycles. The molecule has 1 aromatic carbocycles. The van der Waals surface area contributed by atoms with Gasteiger partial charge in [0.2, 0.25) is 11.8 Å². The van der Waals surface area contributed by atoms with Gasteiger partial charge in [-0.05, 0) is 37.1 Å². The first-order valence-corrected chi connectivity index (χ1v) is 8.10. The van der Waals surface area contributed by atoms with Gasteiger partial charge in [-0.2, -0.15) is 0 Å². The molecule has 1 saturated heterocycles. The third kappa shape index (κ3) is 2.67. The second-order valence-corrected chi connectivity index (χ2v) is 6.26. The molecule has 1 unspecified atom stereocenters. The van der Waals surface area contributed by atoms with Crippen molar-refractivity contribution in [2.24, 2.45) is 0 Å². The van der Waals surface area contributed by atoms with E-state index >= 15 is 0 Å². The summed E-state index contributed by atoms with van der Waals surface area (Å²) in [4.78, 5) is 46.1. The highest BCUT2D eigenvalue weighted by Gasteiger charge is 2.39. The van der Waals surface area contributed by atoms with E-state index in [4.69, 9.17) is 0 Å². The molecule has 0 bridgehead atoms. The smallest absolute Gasteiger partial charge is 0.255 e. The summed E-state index contributed by atoms with van der Waals surface area (Å²) in [6.45, 7) is 2.18. The maximum atomic E-state index is 12.7. The van der Waals surface area contributed by atoms with Crippen molar-refractivity contribution in [1.82, 2.24) is 20.2 Å². The molecule has 2 aromatic rings. The molecule has 3 heterocycles. The number of hydrogen-bond acceptors (Lipinski definition) is 5. The minimum Gasteiger partial charge on any atom is -0.322 e. The van der Waals surface area contributed by atoms with E-state index in [0.717, 1.165) is 16.8 Å². The zero-order chi connectivity index (χ0) is 17.6. The largest absolute Gasteiger partial charge is 0.322 e. The predicted octanol–water partition coefficient (Wildman–Crippen LogP) is 1.21. The third-order valence-electron chi connectivity index (χ3n) is 4.60. The molecule has 7 heteroatoms. The number of hydrogen-bond donors (Lipinski definition) is 1. The number of nitrogens with zero attached hydrogens (tertiary/aromatic N) is 3. The Labute approximate surface area is 144 Å². The van der Waals surface area contributed by atoms with Gasteiger partial charge in [-0.1, -0.05) is 6.07 Å². The topological polar surface area (TPSA) is 92.3 Å². The summed E-state index contributed by atoms with van der Waals surface area (Å²) >= 11 is 0. The van der Waals surface area contributed by atoms with E-state index < -0.39 is 11.9 Å². The Morgan fingerprint density at radius 2 is 2.04 bits per heavy atom. The molecule has 1 atom stereocenters.